The van der Waals surface area contributed by atoms with Crippen molar-refractivity contribution in [3.63, 3.8) is 0 Å². The molecule has 1 unspecified atom stereocenters. The highest BCUT2D eigenvalue weighted by Gasteiger charge is 2.25. The lowest BCUT2D eigenvalue weighted by Gasteiger charge is -2.09. The molecular formula is C21H20N8OS. The molecule has 0 aliphatic heterocycles. The lowest BCUT2D eigenvalue weighted by atomic mass is 10.1. The lowest BCUT2D eigenvalue weighted by molar-refractivity contribution is 0.0943. The summed E-state index contributed by atoms with van der Waals surface area (Å²) in [6, 6.07) is 7.76. The van der Waals surface area contributed by atoms with Gasteiger partial charge in [-0.2, -0.15) is 10.2 Å². The fraction of sp³-hybridized carbons (Fsp3) is 0.190. The molecule has 5 aromatic rings. The molecule has 0 fully saturated rings. The molecule has 4 aromatic heterocycles. The number of aromatic nitrogens is 6. The van der Waals surface area contributed by atoms with E-state index in [-0.39, 0.29) is 11.8 Å². The van der Waals surface area contributed by atoms with Crippen LogP contribution in [0.25, 0.3) is 21.3 Å². The van der Waals surface area contributed by atoms with E-state index in [1.165, 1.54) is 17.6 Å². The maximum Gasteiger partial charge on any atom is 0.268 e. The molecule has 0 bridgehead atoms. The first-order chi connectivity index (χ1) is 15.1. The molecular weight excluding hydrogens is 412 g/mol. The van der Waals surface area contributed by atoms with Crippen LogP contribution in [0.2, 0.25) is 0 Å². The number of carbonyl (C=O) groups excluding carboxylic acids is 1. The minimum atomic E-state index is -0.241. The second-order valence-electron chi connectivity index (χ2n) is 7.34. The normalized spacial score (nSPS) is 12.5. The van der Waals surface area contributed by atoms with Gasteiger partial charge in [-0.3, -0.25) is 15.0 Å². The van der Waals surface area contributed by atoms with E-state index in [0.717, 1.165) is 31.9 Å². The third-order valence-electron chi connectivity index (χ3n) is 5.51. The number of fused-ring (bicyclic) bond motifs is 2. The van der Waals surface area contributed by atoms with Crippen LogP contribution >= 0.6 is 11.3 Å². The largest absolute Gasteiger partial charge is 0.347 e. The number of amides is 1. The minimum absolute atomic E-state index is 0.0474. The number of benzene rings is 1. The highest BCUT2D eigenvalue weighted by atomic mass is 32.1. The van der Waals surface area contributed by atoms with Crippen LogP contribution in [-0.2, 0) is 13.6 Å². The SMILES string of the molecule is CC(c1ccn[nH]1)c1nc2c(s1)c(C=N)c(C(=O)NCc1cccc3[nH]ncc13)n2C. The van der Waals surface area contributed by atoms with E-state index in [0.29, 0.717) is 23.4 Å². The predicted octanol–water partition coefficient (Wildman–Crippen LogP) is 3.31. The minimum Gasteiger partial charge on any atom is -0.347 e. The number of aromatic amines is 2. The molecule has 0 aliphatic carbocycles. The zero-order valence-electron chi connectivity index (χ0n) is 16.9. The summed E-state index contributed by atoms with van der Waals surface area (Å²) in [5.74, 6) is -0.193. The van der Waals surface area contributed by atoms with Gasteiger partial charge in [0.2, 0.25) is 0 Å². The van der Waals surface area contributed by atoms with Gasteiger partial charge in [0.15, 0.2) is 5.65 Å². The molecule has 10 heteroatoms. The van der Waals surface area contributed by atoms with Crippen molar-refractivity contribution in [2.45, 2.75) is 19.4 Å². The zero-order chi connectivity index (χ0) is 21.5. The Bertz CT molecular complexity index is 1410. The first-order valence-corrected chi connectivity index (χ1v) is 10.6. The molecule has 1 atom stereocenters. The summed E-state index contributed by atoms with van der Waals surface area (Å²) in [4.78, 5) is 17.8. The van der Waals surface area contributed by atoms with E-state index < -0.39 is 0 Å². The molecule has 0 radical (unpaired) electrons. The van der Waals surface area contributed by atoms with Crippen molar-refractivity contribution in [2.75, 3.05) is 0 Å². The highest BCUT2D eigenvalue weighted by molar-refractivity contribution is 7.19. The van der Waals surface area contributed by atoms with Crippen molar-refractivity contribution in [3.8, 4) is 0 Å². The molecule has 31 heavy (non-hydrogen) atoms. The maximum absolute atomic E-state index is 13.1. The van der Waals surface area contributed by atoms with Gasteiger partial charge >= 0.3 is 0 Å². The Labute approximate surface area is 181 Å². The van der Waals surface area contributed by atoms with Gasteiger partial charge in [0.1, 0.15) is 10.7 Å². The number of aryl methyl sites for hydroxylation is 1. The molecule has 0 spiro atoms. The topological polar surface area (TPSA) is 128 Å². The van der Waals surface area contributed by atoms with Gasteiger partial charge in [0.25, 0.3) is 5.91 Å². The molecule has 1 amide bonds. The smallest absolute Gasteiger partial charge is 0.268 e. The number of hydrogen-bond donors (Lipinski definition) is 4. The summed E-state index contributed by atoms with van der Waals surface area (Å²) >= 11 is 1.50. The summed E-state index contributed by atoms with van der Waals surface area (Å²) in [5.41, 5.74) is 4.59. The first-order valence-electron chi connectivity index (χ1n) is 9.76. The van der Waals surface area contributed by atoms with Gasteiger partial charge in [0.05, 0.1) is 16.4 Å². The molecule has 9 nitrogen and oxygen atoms in total. The van der Waals surface area contributed by atoms with Gasteiger partial charge in [-0.15, -0.1) is 11.3 Å². The van der Waals surface area contributed by atoms with Crippen LogP contribution in [0.5, 0.6) is 0 Å². The van der Waals surface area contributed by atoms with E-state index in [1.807, 2.05) is 31.3 Å². The number of thiazole rings is 1. The van der Waals surface area contributed by atoms with Crippen molar-refractivity contribution in [3.05, 3.63) is 64.2 Å². The lowest BCUT2D eigenvalue weighted by Crippen LogP contribution is -2.26. The van der Waals surface area contributed by atoms with E-state index in [4.69, 9.17) is 10.4 Å². The summed E-state index contributed by atoms with van der Waals surface area (Å²) in [6.45, 7) is 2.42. The standard InChI is InChI=1S/C21H20N8OS/c1-11(15-6-7-24-27-15)21-26-19-18(31-21)13(8-22)17(29(19)2)20(30)23-9-12-4-3-5-16-14(12)10-25-28-16/h3-8,10-11,22H,9H2,1-2H3,(H,23,30)(H,24,27)(H,25,28). The van der Waals surface area contributed by atoms with Gasteiger partial charge < -0.3 is 15.3 Å². The second-order valence-corrected chi connectivity index (χ2v) is 8.37. The molecule has 156 valence electrons. The van der Waals surface area contributed by atoms with E-state index in [2.05, 4.69) is 32.6 Å². The van der Waals surface area contributed by atoms with Crippen LogP contribution in [0.3, 0.4) is 0 Å². The number of carbonyl (C=O) groups is 1. The van der Waals surface area contributed by atoms with Crippen LogP contribution in [0, 0.1) is 5.41 Å². The summed E-state index contributed by atoms with van der Waals surface area (Å²) < 4.78 is 2.60. The molecule has 4 heterocycles. The van der Waals surface area contributed by atoms with Gasteiger partial charge in [-0.25, -0.2) is 4.98 Å². The summed E-state index contributed by atoms with van der Waals surface area (Å²) in [5, 5.41) is 26.8. The first kappa shape index (κ1) is 19.2. The number of nitrogens with zero attached hydrogens (tertiary/aromatic N) is 4. The van der Waals surface area contributed by atoms with Crippen molar-refractivity contribution in [1.29, 1.82) is 5.41 Å². The quantitative estimate of drug-likeness (QED) is 0.307. The highest BCUT2D eigenvalue weighted by Crippen LogP contribution is 2.34. The van der Waals surface area contributed by atoms with Gasteiger partial charge in [0, 0.05) is 48.6 Å². The fourth-order valence-electron chi connectivity index (χ4n) is 3.80. The summed E-state index contributed by atoms with van der Waals surface area (Å²) in [6.07, 6.45) is 4.70. The Morgan fingerprint density at radius 1 is 1.32 bits per heavy atom. The Morgan fingerprint density at radius 2 is 2.19 bits per heavy atom. The van der Waals surface area contributed by atoms with Crippen LogP contribution in [-0.4, -0.2) is 42.1 Å². The third-order valence-corrected chi connectivity index (χ3v) is 6.77. The van der Waals surface area contributed by atoms with E-state index >= 15 is 0 Å². The van der Waals surface area contributed by atoms with Crippen LogP contribution in [0.4, 0.5) is 0 Å². The van der Waals surface area contributed by atoms with Gasteiger partial charge in [-0.1, -0.05) is 19.1 Å². The molecule has 0 aliphatic rings. The third kappa shape index (κ3) is 3.12. The van der Waals surface area contributed by atoms with Crippen molar-refractivity contribution in [2.24, 2.45) is 7.05 Å². The molecule has 4 N–H and O–H groups in total. The second kappa shape index (κ2) is 7.47. The van der Waals surface area contributed by atoms with Crippen LogP contribution in [0.1, 0.15) is 45.2 Å². The Balaban J connectivity index is 1.46. The Morgan fingerprint density at radius 3 is 2.97 bits per heavy atom. The number of H-pyrrole nitrogens is 2. The van der Waals surface area contributed by atoms with Crippen LogP contribution < -0.4 is 5.32 Å². The zero-order valence-corrected chi connectivity index (χ0v) is 17.7. The average Bonchev–Trinajstić information content (AvgIpc) is 3.56. The molecule has 0 saturated carbocycles. The monoisotopic (exact) mass is 432 g/mol. The summed E-state index contributed by atoms with van der Waals surface area (Å²) in [7, 11) is 1.81. The van der Waals surface area contributed by atoms with E-state index in [1.54, 1.807) is 17.0 Å². The Hall–Kier alpha value is -3.79. The average molecular weight is 433 g/mol. The molecule has 1 aromatic carbocycles. The maximum atomic E-state index is 13.1. The fourth-order valence-corrected chi connectivity index (χ4v) is 4.99. The number of hydrogen-bond acceptors (Lipinski definition) is 6. The Kier molecular flexibility index (Phi) is 4.63. The van der Waals surface area contributed by atoms with Crippen molar-refractivity contribution < 1.29 is 4.79 Å². The molecule has 0 saturated heterocycles. The predicted molar refractivity (Wildman–Crippen MR) is 120 cm³/mol. The van der Waals surface area contributed by atoms with E-state index in [9.17, 15) is 4.79 Å². The van der Waals surface area contributed by atoms with Crippen LogP contribution in [0.15, 0.2) is 36.7 Å². The van der Waals surface area contributed by atoms with Crippen molar-refractivity contribution >= 4 is 44.7 Å². The molecule has 5 rings (SSSR count). The number of rotatable bonds is 6. The van der Waals surface area contributed by atoms with Crippen molar-refractivity contribution in [1.82, 2.24) is 35.3 Å². The number of nitrogens with one attached hydrogen (secondary N) is 4. The van der Waals surface area contributed by atoms with Gasteiger partial charge in [-0.05, 0) is 17.7 Å².